The zero-order valence-corrected chi connectivity index (χ0v) is 13.6. The van der Waals surface area contributed by atoms with Crippen molar-refractivity contribution in [3.8, 4) is 0 Å². The van der Waals surface area contributed by atoms with Gasteiger partial charge in [0.05, 0.1) is 6.04 Å². The van der Waals surface area contributed by atoms with Crippen LogP contribution in [0.25, 0.3) is 0 Å². The highest BCUT2D eigenvalue weighted by atomic mass is 35.5. The van der Waals surface area contributed by atoms with Crippen LogP contribution in [0.4, 0.5) is 5.69 Å². The summed E-state index contributed by atoms with van der Waals surface area (Å²) in [5, 5.41) is 15.1. The summed E-state index contributed by atoms with van der Waals surface area (Å²) in [4.78, 5) is 12.4. The van der Waals surface area contributed by atoms with Gasteiger partial charge < -0.3 is 15.7 Å². The van der Waals surface area contributed by atoms with Crippen LogP contribution in [0.5, 0.6) is 0 Å². The maximum atomic E-state index is 12.4. The first-order chi connectivity index (χ1) is 10.8. The highest BCUT2D eigenvalue weighted by Crippen LogP contribution is 2.17. The fourth-order valence-electron chi connectivity index (χ4n) is 2.75. The number of anilines is 1. The van der Waals surface area contributed by atoms with Crippen molar-refractivity contribution in [3.05, 3.63) is 65.2 Å². The summed E-state index contributed by atoms with van der Waals surface area (Å²) in [6.07, 6.45) is 1.35. The number of carbonyl (C=O) groups is 1. The van der Waals surface area contributed by atoms with E-state index in [1.54, 1.807) is 0 Å². The van der Waals surface area contributed by atoms with Gasteiger partial charge in [-0.2, -0.15) is 0 Å². The number of aliphatic hydroxyl groups is 1. The Labute approximate surface area is 142 Å². The molecule has 0 fully saturated rings. The van der Waals surface area contributed by atoms with Crippen molar-refractivity contribution in [1.29, 1.82) is 0 Å². The van der Waals surface area contributed by atoms with Crippen molar-refractivity contribution >= 4 is 24.0 Å². The molecule has 0 aromatic heterocycles. The summed E-state index contributed by atoms with van der Waals surface area (Å²) in [5.41, 5.74) is 4.34. The van der Waals surface area contributed by atoms with E-state index in [0.717, 1.165) is 17.8 Å². The Hall–Kier alpha value is -1.88. The Morgan fingerprint density at radius 3 is 2.52 bits per heavy atom. The molecule has 0 aliphatic carbocycles. The second kappa shape index (κ2) is 8.11. The highest BCUT2D eigenvalue weighted by molar-refractivity contribution is 5.95. The van der Waals surface area contributed by atoms with Crippen molar-refractivity contribution in [2.24, 2.45) is 0 Å². The molecule has 3 N–H and O–H groups in total. The van der Waals surface area contributed by atoms with Gasteiger partial charge >= 0.3 is 0 Å². The first-order valence-corrected chi connectivity index (χ1v) is 7.57. The summed E-state index contributed by atoms with van der Waals surface area (Å²) >= 11 is 0. The van der Waals surface area contributed by atoms with Crippen LogP contribution in [0.3, 0.4) is 0 Å². The number of hydrogen-bond acceptors (Lipinski definition) is 3. The molecule has 1 aliphatic rings. The van der Waals surface area contributed by atoms with Crippen molar-refractivity contribution < 1.29 is 9.90 Å². The van der Waals surface area contributed by atoms with Gasteiger partial charge in [-0.3, -0.25) is 4.79 Å². The minimum Gasteiger partial charge on any atom is -0.396 e. The second-order valence-corrected chi connectivity index (χ2v) is 5.57. The number of rotatable bonds is 4. The Balaban J connectivity index is 0.00000192. The second-order valence-electron chi connectivity index (χ2n) is 5.57. The van der Waals surface area contributed by atoms with Gasteiger partial charge in [0.25, 0.3) is 0 Å². The van der Waals surface area contributed by atoms with E-state index in [-0.39, 0.29) is 31.0 Å². The molecule has 2 aromatic rings. The molecule has 1 heterocycles. The lowest BCUT2D eigenvalue weighted by atomic mass is 9.95. The monoisotopic (exact) mass is 332 g/mol. The highest BCUT2D eigenvalue weighted by Gasteiger charge is 2.23. The Morgan fingerprint density at radius 1 is 1.13 bits per heavy atom. The number of aliphatic hydroxyl groups excluding tert-OH is 1. The van der Waals surface area contributed by atoms with Gasteiger partial charge in [-0.1, -0.05) is 36.4 Å². The maximum absolute atomic E-state index is 12.4. The van der Waals surface area contributed by atoms with Gasteiger partial charge in [-0.05, 0) is 41.7 Å². The molecule has 1 unspecified atom stereocenters. The Morgan fingerprint density at radius 2 is 1.83 bits per heavy atom. The van der Waals surface area contributed by atoms with E-state index in [1.807, 2.05) is 36.4 Å². The fraction of sp³-hybridized carbons (Fsp3) is 0.278. The Kier molecular flexibility index (Phi) is 6.16. The molecule has 0 radical (unpaired) electrons. The number of halogens is 1. The molecule has 1 atom stereocenters. The first kappa shape index (κ1) is 17.5. The standard InChI is InChI=1S/C18H20N2O2.ClH/c21-10-9-13-5-7-16(8-6-13)20-18(22)17-11-14-3-1-2-4-15(14)12-19-17;/h1-8,17,19,21H,9-12H2,(H,20,22);1H. The number of hydrogen-bond donors (Lipinski definition) is 3. The minimum absolute atomic E-state index is 0. The summed E-state index contributed by atoms with van der Waals surface area (Å²) in [5.74, 6) is -0.00980. The summed E-state index contributed by atoms with van der Waals surface area (Å²) in [6, 6.07) is 15.6. The molecule has 5 heteroatoms. The minimum atomic E-state index is -0.202. The third-order valence-corrected chi connectivity index (χ3v) is 4.02. The molecule has 0 spiro atoms. The van der Waals surface area contributed by atoms with E-state index in [2.05, 4.69) is 22.8 Å². The average molecular weight is 333 g/mol. The molecule has 4 nitrogen and oxygen atoms in total. The predicted molar refractivity (Wildman–Crippen MR) is 93.9 cm³/mol. The SMILES string of the molecule is Cl.O=C(Nc1ccc(CCO)cc1)C1Cc2ccccc2CN1. The number of benzene rings is 2. The van der Waals surface area contributed by atoms with Gasteiger partial charge in [0.1, 0.15) is 0 Å². The Bertz CT molecular complexity index is 658. The molecule has 0 saturated carbocycles. The molecule has 0 saturated heterocycles. The molecular weight excluding hydrogens is 312 g/mol. The molecular formula is C18H21ClN2O2. The molecule has 2 aromatic carbocycles. The van der Waals surface area contributed by atoms with Crippen molar-refractivity contribution in [2.45, 2.75) is 25.4 Å². The fourth-order valence-corrected chi connectivity index (χ4v) is 2.75. The van der Waals surface area contributed by atoms with E-state index >= 15 is 0 Å². The average Bonchev–Trinajstić information content (AvgIpc) is 2.56. The molecule has 1 aliphatic heterocycles. The van der Waals surface area contributed by atoms with Crippen LogP contribution in [0.1, 0.15) is 16.7 Å². The normalized spacial score (nSPS) is 16.1. The maximum Gasteiger partial charge on any atom is 0.241 e. The summed E-state index contributed by atoms with van der Waals surface area (Å²) < 4.78 is 0. The van der Waals surface area contributed by atoms with Crippen molar-refractivity contribution in [3.63, 3.8) is 0 Å². The third-order valence-electron chi connectivity index (χ3n) is 4.02. The number of fused-ring (bicyclic) bond motifs is 1. The van der Waals surface area contributed by atoms with Crippen LogP contribution < -0.4 is 10.6 Å². The largest absolute Gasteiger partial charge is 0.396 e. The van der Waals surface area contributed by atoms with Crippen LogP contribution in [0.2, 0.25) is 0 Å². The molecule has 0 bridgehead atoms. The van der Waals surface area contributed by atoms with E-state index in [0.29, 0.717) is 12.8 Å². The zero-order valence-electron chi connectivity index (χ0n) is 12.8. The summed E-state index contributed by atoms with van der Waals surface area (Å²) in [7, 11) is 0. The molecule has 3 rings (SSSR count). The predicted octanol–water partition coefficient (Wildman–Crippen LogP) is 2.30. The lowest BCUT2D eigenvalue weighted by Crippen LogP contribution is -2.44. The third kappa shape index (κ3) is 4.32. The van der Waals surface area contributed by atoms with Crippen LogP contribution in [-0.2, 0) is 24.2 Å². The lowest BCUT2D eigenvalue weighted by molar-refractivity contribution is -0.118. The summed E-state index contributed by atoms with van der Waals surface area (Å²) in [6.45, 7) is 0.862. The first-order valence-electron chi connectivity index (χ1n) is 7.57. The molecule has 122 valence electrons. The molecule has 1 amide bonds. The van der Waals surface area contributed by atoms with Crippen LogP contribution in [0, 0.1) is 0 Å². The quantitative estimate of drug-likeness (QED) is 0.805. The van der Waals surface area contributed by atoms with Gasteiger partial charge in [-0.15, -0.1) is 12.4 Å². The van der Waals surface area contributed by atoms with E-state index < -0.39 is 0 Å². The van der Waals surface area contributed by atoms with Gasteiger partial charge in [0.15, 0.2) is 0 Å². The van der Waals surface area contributed by atoms with E-state index in [9.17, 15) is 4.79 Å². The number of carbonyl (C=O) groups excluding carboxylic acids is 1. The zero-order chi connectivity index (χ0) is 15.4. The van der Waals surface area contributed by atoms with Gasteiger partial charge in [0.2, 0.25) is 5.91 Å². The van der Waals surface area contributed by atoms with Gasteiger partial charge in [0, 0.05) is 18.8 Å². The molecule has 23 heavy (non-hydrogen) atoms. The topological polar surface area (TPSA) is 61.4 Å². The van der Waals surface area contributed by atoms with Crippen LogP contribution in [0.15, 0.2) is 48.5 Å². The number of nitrogens with one attached hydrogen (secondary N) is 2. The van der Waals surface area contributed by atoms with Crippen molar-refractivity contribution in [1.82, 2.24) is 5.32 Å². The lowest BCUT2D eigenvalue weighted by Gasteiger charge is -2.25. The van der Waals surface area contributed by atoms with Gasteiger partial charge in [-0.25, -0.2) is 0 Å². The van der Waals surface area contributed by atoms with Crippen LogP contribution >= 0.6 is 12.4 Å². The van der Waals surface area contributed by atoms with E-state index in [1.165, 1.54) is 11.1 Å². The number of amides is 1. The van der Waals surface area contributed by atoms with Crippen LogP contribution in [-0.4, -0.2) is 23.7 Å². The van der Waals surface area contributed by atoms with E-state index in [4.69, 9.17) is 5.11 Å². The smallest absolute Gasteiger partial charge is 0.241 e. The van der Waals surface area contributed by atoms with Crippen molar-refractivity contribution in [2.75, 3.05) is 11.9 Å².